The first-order valence-corrected chi connectivity index (χ1v) is 7.18. The summed E-state index contributed by atoms with van der Waals surface area (Å²) in [6, 6.07) is 7.88. The fraction of sp³-hybridized carbons (Fsp3) is 0.412. The number of carboxylic acid groups (broad SMARTS) is 1. The molecule has 0 bridgehead atoms. The monoisotopic (exact) mass is 287 g/mol. The van der Waals surface area contributed by atoms with Crippen LogP contribution in [0.4, 0.5) is 0 Å². The van der Waals surface area contributed by atoms with Gasteiger partial charge in [0.15, 0.2) is 0 Å². The maximum atomic E-state index is 12.2. The Balaban J connectivity index is 1.97. The van der Waals surface area contributed by atoms with Gasteiger partial charge in [-0.3, -0.25) is 9.59 Å². The van der Waals surface area contributed by atoms with E-state index in [0.717, 1.165) is 11.1 Å². The summed E-state index contributed by atoms with van der Waals surface area (Å²) < 4.78 is 0. The average molecular weight is 287 g/mol. The van der Waals surface area contributed by atoms with Crippen molar-refractivity contribution in [2.24, 2.45) is 5.41 Å². The molecular formula is C17H21NO3. The Hall–Kier alpha value is -2.10. The lowest BCUT2D eigenvalue weighted by molar-refractivity contribution is -0.152. The number of carboxylic acids is 1. The number of rotatable bonds is 3. The van der Waals surface area contributed by atoms with Gasteiger partial charge in [-0.15, -0.1) is 0 Å². The van der Waals surface area contributed by atoms with Gasteiger partial charge in [-0.1, -0.05) is 24.3 Å². The topological polar surface area (TPSA) is 57.6 Å². The zero-order valence-corrected chi connectivity index (χ0v) is 12.5. The van der Waals surface area contributed by atoms with Crippen molar-refractivity contribution in [3.63, 3.8) is 0 Å². The van der Waals surface area contributed by atoms with Crippen LogP contribution in [0.5, 0.6) is 0 Å². The highest BCUT2D eigenvalue weighted by molar-refractivity contribution is 5.92. The molecule has 0 unspecified atom stereocenters. The van der Waals surface area contributed by atoms with Gasteiger partial charge in [-0.2, -0.15) is 0 Å². The highest BCUT2D eigenvalue weighted by Gasteiger charge is 2.37. The number of aliphatic carboxylic acids is 1. The third-order valence-corrected chi connectivity index (χ3v) is 4.29. The lowest BCUT2D eigenvalue weighted by atomic mass is 9.80. The molecule has 4 heteroatoms. The molecule has 0 atom stereocenters. The third-order valence-electron chi connectivity index (χ3n) is 4.29. The first-order chi connectivity index (χ1) is 9.92. The number of likely N-dealkylation sites (tertiary alicyclic amines) is 1. The molecule has 0 radical (unpaired) electrons. The van der Waals surface area contributed by atoms with Crippen LogP contribution in [0.25, 0.3) is 6.08 Å². The van der Waals surface area contributed by atoms with Gasteiger partial charge < -0.3 is 10.0 Å². The Morgan fingerprint density at radius 3 is 2.43 bits per heavy atom. The smallest absolute Gasteiger partial charge is 0.309 e. The molecule has 21 heavy (non-hydrogen) atoms. The van der Waals surface area contributed by atoms with Gasteiger partial charge in [0.2, 0.25) is 5.91 Å². The third kappa shape index (κ3) is 3.51. The van der Waals surface area contributed by atoms with Crippen molar-refractivity contribution in [1.82, 2.24) is 4.90 Å². The van der Waals surface area contributed by atoms with Crippen molar-refractivity contribution in [3.8, 4) is 0 Å². The zero-order chi connectivity index (χ0) is 15.5. The second-order valence-electron chi connectivity index (χ2n) is 5.88. The number of amides is 1. The summed E-state index contributed by atoms with van der Waals surface area (Å²) in [7, 11) is 0. The Bertz CT molecular complexity index is 569. The molecule has 0 aliphatic carbocycles. The summed E-state index contributed by atoms with van der Waals surface area (Å²) in [4.78, 5) is 25.1. The minimum atomic E-state index is -0.773. The highest BCUT2D eigenvalue weighted by atomic mass is 16.4. The van der Waals surface area contributed by atoms with Gasteiger partial charge in [0, 0.05) is 19.2 Å². The second-order valence-corrected chi connectivity index (χ2v) is 5.88. The van der Waals surface area contributed by atoms with E-state index in [-0.39, 0.29) is 5.91 Å². The standard InChI is InChI=1S/C17H21NO3/c1-13-5-3-4-6-14(13)7-8-15(19)18-11-9-17(2,10-12-18)16(20)21/h3-8H,9-12H2,1-2H3,(H,20,21). The molecular weight excluding hydrogens is 266 g/mol. The molecule has 0 spiro atoms. The van der Waals surface area contributed by atoms with E-state index in [1.54, 1.807) is 17.9 Å². The van der Waals surface area contributed by atoms with Crippen molar-refractivity contribution < 1.29 is 14.7 Å². The predicted molar refractivity (Wildman–Crippen MR) is 81.8 cm³/mol. The van der Waals surface area contributed by atoms with Gasteiger partial charge in [-0.25, -0.2) is 0 Å². The number of hydrogen-bond acceptors (Lipinski definition) is 2. The molecule has 1 amide bonds. The second kappa shape index (κ2) is 6.12. The Morgan fingerprint density at radius 1 is 1.24 bits per heavy atom. The van der Waals surface area contributed by atoms with Crippen molar-refractivity contribution in [2.75, 3.05) is 13.1 Å². The Kier molecular flexibility index (Phi) is 4.46. The van der Waals surface area contributed by atoms with Gasteiger partial charge in [-0.05, 0) is 43.9 Å². The minimum absolute atomic E-state index is 0.0503. The highest BCUT2D eigenvalue weighted by Crippen LogP contribution is 2.31. The van der Waals surface area contributed by atoms with E-state index in [1.807, 2.05) is 37.3 Å². The normalized spacial score (nSPS) is 17.9. The van der Waals surface area contributed by atoms with Gasteiger partial charge in [0.05, 0.1) is 5.41 Å². The molecule has 0 saturated carbocycles. The van der Waals surface area contributed by atoms with Crippen molar-refractivity contribution in [3.05, 3.63) is 41.5 Å². The van der Waals surface area contributed by atoms with Crippen LogP contribution in [0.3, 0.4) is 0 Å². The number of benzene rings is 1. The van der Waals surface area contributed by atoms with Crippen molar-refractivity contribution in [1.29, 1.82) is 0 Å². The van der Waals surface area contributed by atoms with E-state index in [4.69, 9.17) is 0 Å². The molecule has 1 aliphatic rings. The maximum absolute atomic E-state index is 12.2. The summed E-state index contributed by atoms with van der Waals surface area (Å²) >= 11 is 0. The molecule has 1 aliphatic heterocycles. The number of carbonyl (C=O) groups is 2. The summed E-state index contributed by atoms with van der Waals surface area (Å²) in [5.41, 5.74) is 1.45. The van der Waals surface area contributed by atoms with E-state index >= 15 is 0 Å². The molecule has 1 aromatic carbocycles. The molecule has 112 valence electrons. The summed E-state index contributed by atoms with van der Waals surface area (Å²) in [6.45, 7) is 4.75. The van der Waals surface area contributed by atoms with E-state index in [1.165, 1.54) is 0 Å². The summed E-state index contributed by atoms with van der Waals surface area (Å²) in [5.74, 6) is -0.823. The van der Waals surface area contributed by atoms with E-state index in [9.17, 15) is 14.7 Å². The van der Waals surface area contributed by atoms with Crippen LogP contribution in [0.2, 0.25) is 0 Å². The average Bonchev–Trinajstić information content (AvgIpc) is 2.46. The maximum Gasteiger partial charge on any atom is 0.309 e. The lowest BCUT2D eigenvalue weighted by Crippen LogP contribution is -2.44. The number of piperidine rings is 1. The Labute approximate surface area is 125 Å². The molecule has 4 nitrogen and oxygen atoms in total. The van der Waals surface area contributed by atoms with Gasteiger partial charge in [0.1, 0.15) is 0 Å². The number of hydrogen-bond donors (Lipinski definition) is 1. The molecule has 0 aromatic heterocycles. The molecule has 2 rings (SSSR count). The van der Waals surface area contributed by atoms with Crippen LogP contribution in [0, 0.1) is 12.3 Å². The molecule has 1 saturated heterocycles. The van der Waals surface area contributed by atoms with Crippen molar-refractivity contribution in [2.45, 2.75) is 26.7 Å². The van der Waals surface area contributed by atoms with Crippen LogP contribution in [-0.4, -0.2) is 35.0 Å². The van der Waals surface area contributed by atoms with Gasteiger partial charge >= 0.3 is 5.97 Å². The first-order valence-electron chi connectivity index (χ1n) is 7.18. The molecule has 1 heterocycles. The van der Waals surface area contributed by atoms with Crippen LogP contribution in [0.1, 0.15) is 30.9 Å². The van der Waals surface area contributed by atoms with E-state index in [2.05, 4.69) is 0 Å². The zero-order valence-electron chi connectivity index (χ0n) is 12.5. The molecule has 1 aromatic rings. The van der Waals surface area contributed by atoms with Crippen LogP contribution in [-0.2, 0) is 9.59 Å². The van der Waals surface area contributed by atoms with Crippen LogP contribution < -0.4 is 0 Å². The lowest BCUT2D eigenvalue weighted by Gasteiger charge is -2.35. The van der Waals surface area contributed by atoms with Crippen LogP contribution >= 0.6 is 0 Å². The fourth-order valence-electron chi connectivity index (χ4n) is 2.47. The Morgan fingerprint density at radius 2 is 1.86 bits per heavy atom. The number of carbonyl (C=O) groups excluding carboxylic acids is 1. The fourth-order valence-corrected chi connectivity index (χ4v) is 2.47. The summed E-state index contributed by atoms with van der Waals surface area (Å²) in [6.07, 6.45) is 4.41. The quantitative estimate of drug-likeness (QED) is 0.870. The van der Waals surface area contributed by atoms with E-state index in [0.29, 0.717) is 25.9 Å². The van der Waals surface area contributed by atoms with E-state index < -0.39 is 11.4 Å². The van der Waals surface area contributed by atoms with Gasteiger partial charge in [0.25, 0.3) is 0 Å². The molecule has 1 fully saturated rings. The summed E-state index contributed by atoms with van der Waals surface area (Å²) in [5, 5.41) is 9.19. The minimum Gasteiger partial charge on any atom is -0.481 e. The number of aryl methyl sites for hydroxylation is 1. The largest absolute Gasteiger partial charge is 0.481 e. The molecule has 1 N–H and O–H groups in total. The predicted octanol–water partition coefficient (Wildman–Crippen LogP) is 2.72. The van der Waals surface area contributed by atoms with Crippen LogP contribution in [0.15, 0.2) is 30.3 Å². The van der Waals surface area contributed by atoms with Crippen molar-refractivity contribution >= 4 is 18.0 Å². The SMILES string of the molecule is Cc1ccccc1C=CC(=O)N1CCC(C)(C(=O)O)CC1. The number of nitrogens with zero attached hydrogens (tertiary/aromatic N) is 1. The first kappa shape index (κ1) is 15.3.